The molecule has 3 heterocycles. The fourth-order valence-electron chi connectivity index (χ4n) is 4.88. The minimum atomic E-state index is -0.246. The Morgan fingerprint density at radius 3 is 2.53 bits per heavy atom. The first kappa shape index (κ1) is 24.2. The SMILES string of the molecule is CCc1cc(C(c2cccc(F)c2)[NH+]2CCN(c3ccccn3)CC2)c(NC(=O)c2ccccc2)s1. The van der Waals surface area contributed by atoms with Gasteiger partial charge >= 0.3 is 0 Å². The van der Waals surface area contributed by atoms with E-state index >= 15 is 0 Å². The Balaban J connectivity index is 1.47. The summed E-state index contributed by atoms with van der Waals surface area (Å²) >= 11 is 1.61. The molecule has 1 unspecified atom stereocenters. The van der Waals surface area contributed by atoms with Crippen LogP contribution in [-0.4, -0.2) is 37.1 Å². The quantitative estimate of drug-likeness (QED) is 0.390. The molecule has 184 valence electrons. The summed E-state index contributed by atoms with van der Waals surface area (Å²) in [7, 11) is 0. The normalized spacial score (nSPS) is 15.0. The Morgan fingerprint density at radius 2 is 1.83 bits per heavy atom. The van der Waals surface area contributed by atoms with Crippen molar-refractivity contribution in [2.75, 3.05) is 36.4 Å². The molecule has 4 aromatic rings. The van der Waals surface area contributed by atoms with Crippen LogP contribution < -0.4 is 15.1 Å². The standard InChI is InChI=1S/C29H29FN4OS/c1-2-24-20-25(29(36-24)32-28(35)21-9-4-3-5-10-21)27(22-11-8-12-23(30)19-22)34-17-15-33(16-18-34)26-13-6-7-14-31-26/h3-14,19-20,27H,2,15-18H2,1H3,(H,32,35)/p+1. The monoisotopic (exact) mass is 501 g/mol. The van der Waals surface area contributed by atoms with Gasteiger partial charge in [0, 0.05) is 27.8 Å². The molecule has 1 amide bonds. The van der Waals surface area contributed by atoms with Gasteiger partial charge in [0.15, 0.2) is 0 Å². The summed E-state index contributed by atoms with van der Waals surface area (Å²) in [6, 6.07) is 24.2. The largest absolute Gasteiger partial charge is 0.345 e. The van der Waals surface area contributed by atoms with E-state index < -0.39 is 0 Å². The highest BCUT2D eigenvalue weighted by atomic mass is 32.1. The molecule has 0 radical (unpaired) electrons. The molecule has 0 bridgehead atoms. The van der Waals surface area contributed by atoms with Crippen molar-refractivity contribution < 1.29 is 14.1 Å². The lowest BCUT2D eigenvalue weighted by Crippen LogP contribution is -3.15. The number of hydrogen-bond donors (Lipinski definition) is 2. The van der Waals surface area contributed by atoms with Crippen LogP contribution in [0.4, 0.5) is 15.2 Å². The molecule has 0 aliphatic carbocycles. The molecule has 1 aliphatic heterocycles. The van der Waals surface area contributed by atoms with Crippen LogP contribution in [0.5, 0.6) is 0 Å². The van der Waals surface area contributed by atoms with Crippen molar-refractivity contribution in [1.82, 2.24) is 4.98 Å². The second-order valence-corrected chi connectivity index (χ2v) is 10.1. The highest BCUT2D eigenvalue weighted by Crippen LogP contribution is 2.35. The Bertz CT molecular complexity index is 1300. The van der Waals surface area contributed by atoms with E-state index in [-0.39, 0.29) is 17.8 Å². The summed E-state index contributed by atoms with van der Waals surface area (Å²) < 4.78 is 14.4. The van der Waals surface area contributed by atoms with Crippen molar-refractivity contribution in [3.8, 4) is 0 Å². The second-order valence-electron chi connectivity index (χ2n) is 8.99. The van der Waals surface area contributed by atoms with Gasteiger partial charge in [0.25, 0.3) is 5.91 Å². The molecule has 1 saturated heterocycles. The lowest BCUT2D eigenvalue weighted by Gasteiger charge is -2.37. The predicted octanol–water partition coefficient (Wildman–Crippen LogP) is 4.59. The zero-order valence-corrected chi connectivity index (χ0v) is 21.1. The minimum absolute atomic E-state index is 0.0887. The van der Waals surface area contributed by atoms with Crippen molar-refractivity contribution >= 4 is 28.1 Å². The fourth-order valence-corrected chi connectivity index (χ4v) is 5.91. The number of carbonyl (C=O) groups is 1. The van der Waals surface area contributed by atoms with E-state index in [1.165, 1.54) is 15.8 Å². The number of nitrogens with zero attached hydrogens (tertiary/aromatic N) is 2. The van der Waals surface area contributed by atoms with Gasteiger partial charge in [-0.05, 0) is 48.9 Å². The number of pyridine rings is 1. The molecule has 5 rings (SSSR count). The van der Waals surface area contributed by atoms with E-state index in [0.29, 0.717) is 5.56 Å². The number of carbonyl (C=O) groups excluding carboxylic acids is 1. The third kappa shape index (κ3) is 5.32. The molecule has 1 fully saturated rings. The number of aryl methyl sites for hydroxylation is 1. The lowest BCUT2D eigenvalue weighted by molar-refractivity contribution is -0.926. The number of aromatic nitrogens is 1. The van der Waals surface area contributed by atoms with Crippen LogP contribution in [0.25, 0.3) is 0 Å². The second kappa shape index (κ2) is 11.0. The van der Waals surface area contributed by atoms with Gasteiger partial charge in [-0.2, -0.15) is 0 Å². The number of quaternary nitrogens is 1. The van der Waals surface area contributed by atoms with Gasteiger partial charge in [0.1, 0.15) is 22.7 Å². The smallest absolute Gasteiger partial charge is 0.256 e. The molecule has 2 aromatic carbocycles. The maximum Gasteiger partial charge on any atom is 0.256 e. The number of halogens is 1. The zero-order valence-electron chi connectivity index (χ0n) is 20.3. The molecule has 5 nitrogen and oxygen atoms in total. The zero-order chi connectivity index (χ0) is 24.9. The first-order valence-electron chi connectivity index (χ1n) is 12.4. The summed E-state index contributed by atoms with van der Waals surface area (Å²) in [5.74, 6) is 0.609. The predicted molar refractivity (Wildman–Crippen MR) is 143 cm³/mol. The molecule has 0 spiro atoms. The highest BCUT2D eigenvalue weighted by molar-refractivity contribution is 7.16. The Hall–Kier alpha value is -3.55. The van der Waals surface area contributed by atoms with E-state index in [4.69, 9.17) is 0 Å². The fraction of sp³-hybridized carbons (Fsp3) is 0.241. The van der Waals surface area contributed by atoms with Crippen LogP contribution in [0.2, 0.25) is 0 Å². The average molecular weight is 502 g/mol. The summed E-state index contributed by atoms with van der Waals surface area (Å²) in [4.78, 5) is 22.4. The molecule has 1 atom stereocenters. The van der Waals surface area contributed by atoms with Gasteiger partial charge in [-0.25, -0.2) is 9.37 Å². The molecule has 1 aliphatic rings. The van der Waals surface area contributed by atoms with Crippen molar-refractivity contribution in [3.63, 3.8) is 0 Å². The molecule has 2 N–H and O–H groups in total. The number of hydrogen-bond acceptors (Lipinski definition) is 4. The number of benzene rings is 2. The van der Waals surface area contributed by atoms with Crippen LogP contribution in [0.1, 0.15) is 39.3 Å². The van der Waals surface area contributed by atoms with E-state index in [1.54, 1.807) is 23.5 Å². The van der Waals surface area contributed by atoms with Crippen molar-refractivity contribution in [1.29, 1.82) is 0 Å². The first-order valence-corrected chi connectivity index (χ1v) is 13.2. The van der Waals surface area contributed by atoms with E-state index in [1.807, 2.05) is 60.8 Å². The maximum absolute atomic E-state index is 14.4. The first-order chi connectivity index (χ1) is 17.6. The number of piperazine rings is 1. The lowest BCUT2D eigenvalue weighted by atomic mass is 9.97. The van der Waals surface area contributed by atoms with Crippen LogP contribution in [0, 0.1) is 5.82 Å². The minimum Gasteiger partial charge on any atom is -0.345 e. The Morgan fingerprint density at radius 1 is 1.06 bits per heavy atom. The molecule has 36 heavy (non-hydrogen) atoms. The van der Waals surface area contributed by atoms with Gasteiger partial charge in [0.05, 0.1) is 26.2 Å². The third-order valence-corrected chi connectivity index (χ3v) is 7.91. The topological polar surface area (TPSA) is 49.7 Å². The Kier molecular flexibility index (Phi) is 7.39. The van der Waals surface area contributed by atoms with Crippen LogP contribution in [0.3, 0.4) is 0 Å². The molecule has 0 saturated carbocycles. The van der Waals surface area contributed by atoms with E-state index in [0.717, 1.165) is 54.5 Å². The molecule has 7 heteroatoms. The van der Waals surface area contributed by atoms with Gasteiger partial charge in [0.2, 0.25) is 0 Å². The molecule has 2 aromatic heterocycles. The highest BCUT2D eigenvalue weighted by Gasteiger charge is 2.34. The Labute approximate surface area is 215 Å². The molecular formula is C29H30FN4OS+. The van der Waals surface area contributed by atoms with Crippen molar-refractivity contribution in [2.45, 2.75) is 19.4 Å². The summed E-state index contributed by atoms with van der Waals surface area (Å²) in [6.45, 7) is 5.58. The van der Waals surface area contributed by atoms with Gasteiger partial charge in [-0.3, -0.25) is 4.79 Å². The van der Waals surface area contributed by atoms with E-state index in [9.17, 15) is 9.18 Å². The van der Waals surface area contributed by atoms with Crippen LogP contribution in [0.15, 0.2) is 85.1 Å². The molecular weight excluding hydrogens is 471 g/mol. The summed E-state index contributed by atoms with van der Waals surface area (Å²) in [6.07, 6.45) is 2.70. The maximum atomic E-state index is 14.4. The number of thiophene rings is 1. The number of rotatable bonds is 7. The van der Waals surface area contributed by atoms with Crippen molar-refractivity contribution in [3.05, 3.63) is 112 Å². The number of anilines is 2. The van der Waals surface area contributed by atoms with Crippen LogP contribution in [-0.2, 0) is 6.42 Å². The summed E-state index contributed by atoms with van der Waals surface area (Å²) in [5, 5.41) is 4.01. The summed E-state index contributed by atoms with van der Waals surface area (Å²) in [5.41, 5.74) is 2.59. The van der Waals surface area contributed by atoms with Crippen molar-refractivity contribution in [2.24, 2.45) is 0 Å². The van der Waals surface area contributed by atoms with Crippen LogP contribution >= 0.6 is 11.3 Å². The van der Waals surface area contributed by atoms with E-state index in [2.05, 4.69) is 28.2 Å². The van der Waals surface area contributed by atoms with Gasteiger partial charge < -0.3 is 15.1 Å². The van der Waals surface area contributed by atoms with Gasteiger partial charge in [-0.15, -0.1) is 11.3 Å². The number of amides is 1. The van der Waals surface area contributed by atoms with Gasteiger partial charge in [-0.1, -0.05) is 43.3 Å². The third-order valence-electron chi connectivity index (χ3n) is 6.70. The average Bonchev–Trinajstić information content (AvgIpc) is 3.32. The number of nitrogens with one attached hydrogen (secondary N) is 2.